The topological polar surface area (TPSA) is 41.4 Å². The molecule has 4 aliphatic heterocycles. The molecule has 1 amide bonds. The molecule has 1 atom stereocenters. The third-order valence-corrected chi connectivity index (χ3v) is 5.73. The van der Waals surface area contributed by atoms with Crippen LogP contribution in [0.25, 0.3) is 10.9 Å². The fourth-order valence-electron chi connectivity index (χ4n) is 4.55. The highest BCUT2D eigenvalue weighted by molar-refractivity contribution is 6.06. The van der Waals surface area contributed by atoms with E-state index in [-0.39, 0.29) is 5.91 Å². The molecule has 0 spiro atoms. The van der Waals surface area contributed by atoms with Crippen LogP contribution in [0.3, 0.4) is 0 Å². The fraction of sp³-hybridized carbons (Fsp3) is 0.529. The van der Waals surface area contributed by atoms with E-state index in [9.17, 15) is 4.79 Å². The maximum atomic E-state index is 13.2. The summed E-state index contributed by atoms with van der Waals surface area (Å²) in [6.45, 7) is 5.05. The second kappa shape index (κ2) is 4.56. The Kier molecular flexibility index (Phi) is 2.62. The highest BCUT2D eigenvalue weighted by Gasteiger charge is 2.40. The number of fused-ring (bicyclic) bond motifs is 3. The Morgan fingerprint density at radius 1 is 1.09 bits per heavy atom. The number of piperidine rings is 3. The predicted octanol–water partition coefficient (Wildman–Crippen LogP) is 1.59. The number of rotatable bonds is 1. The third kappa shape index (κ3) is 1.69. The van der Waals surface area contributed by atoms with E-state index in [4.69, 9.17) is 0 Å². The first-order chi connectivity index (χ1) is 10.8. The normalized spacial score (nSPS) is 30.8. The summed E-state index contributed by atoms with van der Waals surface area (Å²) in [4.78, 5) is 17.8. The van der Waals surface area contributed by atoms with E-state index in [1.807, 2.05) is 29.1 Å². The molecule has 5 heterocycles. The van der Waals surface area contributed by atoms with Crippen LogP contribution in [0.4, 0.5) is 0 Å². The van der Waals surface area contributed by atoms with Crippen molar-refractivity contribution in [1.29, 1.82) is 0 Å². The van der Waals surface area contributed by atoms with Crippen LogP contribution in [0.15, 0.2) is 24.4 Å². The van der Waals surface area contributed by atoms with Gasteiger partial charge in [0.05, 0.1) is 23.8 Å². The van der Waals surface area contributed by atoms with E-state index in [0.717, 1.165) is 36.1 Å². The number of nitrogens with zero attached hydrogens (tertiary/aromatic N) is 4. The van der Waals surface area contributed by atoms with Crippen LogP contribution in [0.2, 0.25) is 0 Å². The molecule has 1 aromatic carbocycles. The minimum atomic E-state index is 0.198. The Labute approximate surface area is 129 Å². The minimum Gasteiger partial charge on any atom is -0.332 e. The van der Waals surface area contributed by atoms with E-state index >= 15 is 0 Å². The smallest absolute Gasteiger partial charge is 0.256 e. The van der Waals surface area contributed by atoms with Crippen LogP contribution < -0.4 is 0 Å². The van der Waals surface area contributed by atoms with Crippen molar-refractivity contribution in [3.8, 4) is 0 Å². The van der Waals surface area contributed by atoms with E-state index in [1.54, 1.807) is 0 Å². The summed E-state index contributed by atoms with van der Waals surface area (Å²) in [7, 11) is 0. The van der Waals surface area contributed by atoms with Crippen molar-refractivity contribution in [1.82, 2.24) is 19.6 Å². The molecule has 5 heteroatoms. The van der Waals surface area contributed by atoms with Gasteiger partial charge >= 0.3 is 0 Å². The number of hydrogen-bond donors (Lipinski definition) is 0. The fourth-order valence-corrected chi connectivity index (χ4v) is 4.55. The van der Waals surface area contributed by atoms with Gasteiger partial charge in [0.15, 0.2) is 0 Å². The maximum absolute atomic E-state index is 13.2. The van der Waals surface area contributed by atoms with Crippen LogP contribution in [-0.2, 0) is 6.54 Å². The molecule has 0 N–H and O–H groups in total. The van der Waals surface area contributed by atoms with Gasteiger partial charge < -0.3 is 9.80 Å². The molecule has 4 aliphatic rings. The third-order valence-electron chi connectivity index (χ3n) is 5.73. The Bertz CT molecular complexity index is 744. The van der Waals surface area contributed by atoms with E-state index in [0.29, 0.717) is 12.0 Å². The zero-order valence-electron chi connectivity index (χ0n) is 12.6. The molecule has 2 aromatic rings. The molecule has 1 unspecified atom stereocenters. The SMILES string of the molecule is O=C1c2cccc3cnn(c23)CCN1C1CN2CCC1CC2. The maximum Gasteiger partial charge on any atom is 0.256 e. The minimum absolute atomic E-state index is 0.198. The second-order valence-corrected chi connectivity index (χ2v) is 6.82. The van der Waals surface area contributed by atoms with Crippen molar-refractivity contribution in [3.05, 3.63) is 30.0 Å². The molecule has 2 bridgehead atoms. The van der Waals surface area contributed by atoms with Gasteiger partial charge in [-0.25, -0.2) is 0 Å². The van der Waals surface area contributed by atoms with Crippen molar-refractivity contribution in [2.45, 2.75) is 25.4 Å². The number of amides is 1. The van der Waals surface area contributed by atoms with Crippen molar-refractivity contribution < 1.29 is 4.79 Å². The average molecular weight is 296 g/mol. The first kappa shape index (κ1) is 12.6. The Balaban J connectivity index is 1.56. The Hall–Kier alpha value is -1.88. The molecule has 22 heavy (non-hydrogen) atoms. The van der Waals surface area contributed by atoms with Gasteiger partial charge in [0.1, 0.15) is 0 Å². The summed E-state index contributed by atoms with van der Waals surface area (Å²) in [5, 5.41) is 5.55. The molecule has 114 valence electrons. The van der Waals surface area contributed by atoms with Crippen LogP contribution in [-0.4, -0.2) is 57.7 Å². The summed E-state index contributed by atoms with van der Waals surface area (Å²) in [6, 6.07) is 6.36. The first-order valence-corrected chi connectivity index (χ1v) is 8.29. The summed E-state index contributed by atoms with van der Waals surface area (Å²) in [5.74, 6) is 0.877. The number of benzene rings is 1. The quantitative estimate of drug-likeness (QED) is 0.802. The summed E-state index contributed by atoms with van der Waals surface area (Å²) in [6.07, 6.45) is 4.35. The summed E-state index contributed by atoms with van der Waals surface area (Å²) < 4.78 is 2.00. The average Bonchev–Trinajstić information content (AvgIpc) is 2.93. The number of aromatic nitrogens is 2. The van der Waals surface area contributed by atoms with Gasteiger partial charge in [0.2, 0.25) is 0 Å². The molecule has 0 aliphatic carbocycles. The number of carbonyl (C=O) groups excluding carboxylic acids is 1. The van der Waals surface area contributed by atoms with Crippen molar-refractivity contribution in [2.24, 2.45) is 5.92 Å². The lowest BCUT2D eigenvalue weighted by molar-refractivity contribution is 0.00707. The summed E-state index contributed by atoms with van der Waals surface area (Å²) >= 11 is 0. The van der Waals surface area contributed by atoms with Gasteiger partial charge in [0.25, 0.3) is 5.91 Å². The lowest BCUT2D eigenvalue weighted by atomic mass is 9.83. The molecule has 1 aromatic heterocycles. The van der Waals surface area contributed by atoms with Gasteiger partial charge in [-0.15, -0.1) is 0 Å². The van der Waals surface area contributed by atoms with Gasteiger partial charge in [0, 0.05) is 24.5 Å². The van der Waals surface area contributed by atoms with E-state index in [2.05, 4.69) is 14.9 Å². The van der Waals surface area contributed by atoms with Crippen LogP contribution in [0.1, 0.15) is 23.2 Å². The lowest BCUT2D eigenvalue weighted by Gasteiger charge is -2.48. The van der Waals surface area contributed by atoms with Crippen LogP contribution >= 0.6 is 0 Å². The zero-order valence-corrected chi connectivity index (χ0v) is 12.6. The molecule has 0 saturated carbocycles. The first-order valence-electron chi connectivity index (χ1n) is 8.29. The van der Waals surface area contributed by atoms with Crippen molar-refractivity contribution in [2.75, 3.05) is 26.2 Å². The van der Waals surface area contributed by atoms with E-state index in [1.165, 1.54) is 25.9 Å². The van der Waals surface area contributed by atoms with Gasteiger partial charge in [-0.2, -0.15) is 5.10 Å². The molecule has 5 nitrogen and oxygen atoms in total. The number of hydrogen-bond acceptors (Lipinski definition) is 3. The highest BCUT2D eigenvalue weighted by Crippen LogP contribution is 2.33. The van der Waals surface area contributed by atoms with Crippen molar-refractivity contribution >= 4 is 16.8 Å². The van der Waals surface area contributed by atoms with Crippen molar-refractivity contribution in [3.63, 3.8) is 0 Å². The van der Waals surface area contributed by atoms with E-state index < -0.39 is 0 Å². The monoisotopic (exact) mass is 296 g/mol. The second-order valence-electron chi connectivity index (χ2n) is 6.82. The van der Waals surface area contributed by atoms with Crippen LogP contribution in [0, 0.1) is 5.92 Å². The Morgan fingerprint density at radius 3 is 2.73 bits per heavy atom. The Morgan fingerprint density at radius 2 is 1.95 bits per heavy atom. The zero-order chi connectivity index (χ0) is 14.7. The van der Waals surface area contributed by atoms with Gasteiger partial charge in [-0.3, -0.25) is 9.48 Å². The van der Waals surface area contributed by atoms with Crippen LogP contribution in [0.5, 0.6) is 0 Å². The predicted molar refractivity (Wildman–Crippen MR) is 83.7 cm³/mol. The molecular weight excluding hydrogens is 276 g/mol. The lowest BCUT2D eigenvalue weighted by Crippen LogP contribution is -2.58. The molecule has 3 saturated heterocycles. The largest absolute Gasteiger partial charge is 0.332 e. The van der Waals surface area contributed by atoms with Gasteiger partial charge in [-0.1, -0.05) is 12.1 Å². The molecule has 0 radical (unpaired) electrons. The standard InChI is InChI=1S/C17H20N4O/c22-17-14-3-1-2-13-10-18-21(16(13)14)9-8-20(17)15-11-19-6-4-12(15)5-7-19/h1-3,10,12,15H,4-9,11H2. The number of para-hydroxylation sites is 1. The number of carbonyl (C=O) groups is 1. The molecule has 6 rings (SSSR count). The highest BCUT2D eigenvalue weighted by atomic mass is 16.2. The molecular formula is C17H20N4O. The summed E-state index contributed by atoms with van der Waals surface area (Å²) in [5.41, 5.74) is 1.83. The van der Waals surface area contributed by atoms with Gasteiger partial charge in [-0.05, 0) is 37.9 Å². The molecule has 3 fully saturated rings.